The predicted molar refractivity (Wildman–Crippen MR) is 95.6 cm³/mol. The van der Waals surface area contributed by atoms with Gasteiger partial charge < -0.3 is 4.74 Å². The number of allylic oxidation sites excluding steroid dienone is 1. The molecular formula is C20H15F3OS. The molecule has 0 aliphatic carbocycles. The summed E-state index contributed by atoms with van der Waals surface area (Å²) in [5, 5.41) is 4.11. The quantitative estimate of drug-likeness (QED) is 0.499. The van der Waals surface area contributed by atoms with Crippen molar-refractivity contribution >= 4 is 16.9 Å². The molecule has 0 aliphatic rings. The van der Waals surface area contributed by atoms with Crippen molar-refractivity contribution in [2.24, 2.45) is 0 Å². The Morgan fingerprint density at radius 3 is 2.32 bits per heavy atom. The third-order valence-corrected chi connectivity index (χ3v) is 4.40. The van der Waals surface area contributed by atoms with Gasteiger partial charge in [-0.1, -0.05) is 42.5 Å². The van der Waals surface area contributed by atoms with Crippen molar-refractivity contribution in [1.29, 1.82) is 0 Å². The molecule has 0 spiro atoms. The zero-order valence-electron chi connectivity index (χ0n) is 13.4. The lowest BCUT2D eigenvalue weighted by Gasteiger charge is -2.11. The minimum absolute atomic E-state index is 0.221. The summed E-state index contributed by atoms with van der Waals surface area (Å²) in [7, 11) is 0. The second-order valence-electron chi connectivity index (χ2n) is 5.37. The molecule has 0 atom stereocenters. The zero-order chi connectivity index (χ0) is 17.9. The highest BCUT2D eigenvalue weighted by atomic mass is 32.1. The molecule has 0 bridgehead atoms. The predicted octanol–water partition coefficient (Wildman–Crippen LogP) is 6.77. The Bertz CT molecular complexity index is 863. The van der Waals surface area contributed by atoms with Crippen LogP contribution in [0.5, 0.6) is 5.75 Å². The Morgan fingerprint density at radius 1 is 0.960 bits per heavy atom. The van der Waals surface area contributed by atoms with Crippen LogP contribution in [0, 0.1) is 0 Å². The van der Waals surface area contributed by atoms with Gasteiger partial charge in [-0.3, -0.25) is 0 Å². The third-order valence-electron chi connectivity index (χ3n) is 3.72. The Morgan fingerprint density at radius 2 is 1.72 bits per heavy atom. The maximum atomic E-state index is 12.4. The van der Waals surface area contributed by atoms with Crippen LogP contribution in [0.1, 0.15) is 18.1 Å². The molecule has 2 aromatic carbocycles. The van der Waals surface area contributed by atoms with Crippen molar-refractivity contribution in [2.75, 3.05) is 0 Å². The van der Waals surface area contributed by atoms with E-state index >= 15 is 0 Å². The van der Waals surface area contributed by atoms with Crippen molar-refractivity contribution in [3.05, 3.63) is 82.6 Å². The monoisotopic (exact) mass is 360 g/mol. The zero-order valence-corrected chi connectivity index (χ0v) is 14.2. The van der Waals surface area contributed by atoms with E-state index in [1.165, 1.54) is 12.1 Å². The van der Waals surface area contributed by atoms with Crippen LogP contribution in [-0.2, 0) is 0 Å². The van der Waals surface area contributed by atoms with Gasteiger partial charge in [0.05, 0.1) is 0 Å². The maximum Gasteiger partial charge on any atom is 0.573 e. The minimum atomic E-state index is -4.69. The first-order valence-corrected chi connectivity index (χ1v) is 8.56. The molecule has 0 unspecified atom stereocenters. The highest BCUT2D eigenvalue weighted by Crippen LogP contribution is 2.30. The highest BCUT2D eigenvalue weighted by Gasteiger charge is 2.31. The van der Waals surface area contributed by atoms with Crippen LogP contribution in [0.15, 0.2) is 71.4 Å². The molecule has 1 aromatic heterocycles. The molecule has 0 N–H and O–H groups in total. The molecule has 0 fully saturated rings. The average Bonchev–Trinajstić information content (AvgIpc) is 3.09. The smallest absolute Gasteiger partial charge is 0.406 e. The standard InChI is InChI=1S/C20H15F3OS/c1-2-19(17-10-11-25-13-17)15-8-6-14(7-9-15)16-4-3-5-18(12-16)24-20(21,22)23/h2-13H,1H3. The number of benzene rings is 2. The van der Waals surface area contributed by atoms with E-state index in [0.29, 0.717) is 5.56 Å². The Kier molecular flexibility index (Phi) is 4.95. The van der Waals surface area contributed by atoms with E-state index in [1.807, 2.05) is 36.6 Å². The fourth-order valence-electron chi connectivity index (χ4n) is 2.63. The van der Waals surface area contributed by atoms with Crippen LogP contribution in [0.4, 0.5) is 13.2 Å². The number of halogens is 3. The van der Waals surface area contributed by atoms with Gasteiger partial charge in [-0.05, 0) is 63.7 Å². The molecule has 128 valence electrons. The van der Waals surface area contributed by atoms with Gasteiger partial charge >= 0.3 is 6.36 Å². The van der Waals surface area contributed by atoms with Crippen molar-refractivity contribution < 1.29 is 17.9 Å². The fraction of sp³-hybridized carbons (Fsp3) is 0.100. The molecule has 1 heterocycles. The van der Waals surface area contributed by atoms with Crippen molar-refractivity contribution in [3.8, 4) is 16.9 Å². The first-order chi connectivity index (χ1) is 12.0. The van der Waals surface area contributed by atoms with Gasteiger partial charge in [0.25, 0.3) is 0 Å². The van der Waals surface area contributed by atoms with E-state index in [1.54, 1.807) is 23.5 Å². The number of ether oxygens (including phenoxy) is 1. The molecule has 3 rings (SSSR count). The Labute approximate surface area is 148 Å². The topological polar surface area (TPSA) is 9.23 Å². The van der Waals surface area contributed by atoms with Gasteiger partial charge in [0, 0.05) is 0 Å². The SMILES string of the molecule is CC=C(c1ccc(-c2cccc(OC(F)(F)F)c2)cc1)c1ccsc1. The van der Waals surface area contributed by atoms with Crippen LogP contribution in [0.3, 0.4) is 0 Å². The number of alkyl halides is 3. The highest BCUT2D eigenvalue weighted by molar-refractivity contribution is 7.08. The lowest BCUT2D eigenvalue weighted by atomic mass is 9.97. The normalized spacial score (nSPS) is 12.2. The van der Waals surface area contributed by atoms with Gasteiger partial charge in [0.2, 0.25) is 0 Å². The second-order valence-corrected chi connectivity index (χ2v) is 6.15. The van der Waals surface area contributed by atoms with Crippen LogP contribution in [-0.4, -0.2) is 6.36 Å². The molecule has 0 saturated carbocycles. The summed E-state index contributed by atoms with van der Waals surface area (Å²) in [5.74, 6) is -0.221. The van der Waals surface area contributed by atoms with Gasteiger partial charge in [0.15, 0.2) is 0 Å². The number of hydrogen-bond donors (Lipinski definition) is 0. The summed E-state index contributed by atoms with van der Waals surface area (Å²) in [5.41, 5.74) is 4.85. The summed E-state index contributed by atoms with van der Waals surface area (Å²) >= 11 is 1.64. The van der Waals surface area contributed by atoms with E-state index in [2.05, 4.69) is 22.3 Å². The summed E-state index contributed by atoms with van der Waals surface area (Å²) in [6.45, 7) is 1.98. The lowest BCUT2D eigenvalue weighted by Crippen LogP contribution is -2.17. The average molecular weight is 360 g/mol. The van der Waals surface area contributed by atoms with Crippen LogP contribution in [0.2, 0.25) is 0 Å². The van der Waals surface area contributed by atoms with E-state index in [0.717, 1.165) is 22.3 Å². The maximum absolute atomic E-state index is 12.4. The summed E-state index contributed by atoms with van der Waals surface area (Å²) < 4.78 is 41.1. The molecule has 0 radical (unpaired) electrons. The molecule has 5 heteroatoms. The number of thiophene rings is 1. The fourth-order valence-corrected chi connectivity index (χ4v) is 3.29. The minimum Gasteiger partial charge on any atom is -0.406 e. The van der Waals surface area contributed by atoms with Crippen molar-refractivity contribution in [2.45, 2.75) is 13.3 Å². The lowest BCUT2D eigenvalue weighted by molar-refractivity contribution is -0.274. The molecule has 25 heavy (non-hydrogen) atoms. The van der Waals surface area contributed by atoms with Crippen molar-refractivity contribution in [3.63, 3.8) is 0 Å². The first kappa shape index (κ1) is 17.3. The van der Waals surface area contributed by atoms with Crippen molar-refractivity contribution in [1.82, 2.24) is 0 Å². The Balaban J connectivity index is 1.87. The number of rotatable bonds is 4. The summed E-state index contributed by atoms with van der Waals surface area (Å²) in [6.07, 6.45) is -2.64. The van der Waals surface area contributed by atoms with Gasteiger partial charge in [-0.2, -0.15) is 11.3 Å². The third kappa shape index (κ3) is 4.31. The summed E-state index contributed by atoms with van der Waals surface area (Å²) in [4.78, 5) is 0. The molecule has 0 aliphatic heterocycles. The van der Waals surface area contributed by atoms with Crippen LogP contribution in [0.25, 0.3) is 16.7 Å². The van der Waals surface area contributed by atoms with Gasteiger partial charge in [-0.25, -0.2) is 0 Å². The van der Waals surface area contributed by atoms with Gasteiger partial charge in [0.1, 0.15) is 5.75 Å². The van der Waals surface area contributed by atoms with Gasteiger partial charge in [-0.15, -0.1) is 13.2 Å². The van der Waals surface area contributed by atoms with E-state index in [-0.39, 0.29) is 5.75 Å². The molecule has 1 nitrogen and oxygen atoms in total. The Hall–Kier alpha value is -2.53. The second kappa shape index (κ2) is 7.15. The first-order valence-electron chi connectivity index (χ1n) is 7.62. The van der Waals surface area contributed by atoms with E-state index in [4.69, 9.17) is 0 Å². The van der Waals surface area contributed by atoms with E-state index < -0.39 is 6.36 Å². The molecular weight excluding hydrogens is 345 g/mol. The molecule has 0 saturated heterocycles. The molecule has 3 aromatic rings. The number of hydrogen-bond acceptors (Lipinski definition) is 2. The largest absolute Gasteiger partial charge is 0.573 e. The van der Waals surface area contributed by atoms with Crippen LogP contribution < -0.4 is 4.74 Å². The van der Waals surface area contributed by atoms with E-state index in [9.17, 15) is 13.2 Å². The molecule has 0 amide bonds. The van der Waals surface area contributed by atoms with Crippen LogP contribution >= 0.6 is 11.3 Å². The summed E-state index contributed by atoms with van der Waals surface area (Å²) in [6, 6.07) is 15.8.